The zero-order chi connectivity index (χ0) is 21.3. The van der Waals surface area contributed by atoms with Crippen molar-refractivity contribution in [3.63, 3.8) is 0 Å². The molecule has 0 aliphatic carbocycles. The summed E-state index contributed by atoms with van der Waals surface area (Å²) in [6.07, 6.45) is 2.97. The predicted molar refractivity (Wildman–Crippen MR) is 118 cm³/mol. The smallest absolute Gasteiger partial charge is 0.213 e. The van der Waals surface area contributed by atoms with Crippen LogP contribution >= 0.6 is 0 Å². The molecule has 2 heterocycles. The Balaban J connectivity index is 1.83. The van der Waals surface area contributed by atoms with Gasteiger partial charge >= 0.3 is 0 Å². The monoisotopic (exact) mass is 405 g/mol. The zero-order valence-electron chi connectivity index (χ0n) is 19.0. The van der Waals surface area contributed by atoms with Crippen molar-refractivity contribution in [1.29, 1.82) is 0 Å². The van der Waals surface area contributed by atoms with E-state index in [0.717, 1.165) is 50.8 Å². The maximum Gasteiger partial charge on any atom is 0.213 e. The second kappa shape index (κ2) is 11.4. The molecule has 0 saturated carbocycles. The molecule has 0 amide bonds. The van der Waals surface area contributed by atoms with E-state index in [2.05, 4.69) is 60.1 Å². The molecule has 7 nitrogen and oxygen atoms in total. The lowest BCUT2D eigenvalue weighted by Crippen LogP contribution is -2.56. The van der Waals surface area contributed by atoms with Crippen molar-refractivity contribution in [2.75, 3.05) is 39.9 Å². The van der Waals surface area contributed by atoms with Crippen LogP contribution in [-0.4, -0.2) is 67.4 Å². The van der Waals surface area contributed by atoms with Crippen LogP contribution in [0.4, 0.5) is 0 Å². The molecule has 1 aliphatic rings. The summed E-state index contributed by atoms with van der Waals surface area (Å²) in [6, 6.07) is 3.99. The summed E-state index contributed by atoms with van der Waals surface area (Å²) in [4.78, 5) is 11.2. The van der Waals surface area contributed by atoms with Gasteiger partial charge in [0.15, 0.2) is 5.96 Å². The third-order valence-corrected chi connectivity index (χ3v) is 5.16. The lowest BCUT2D eigenvalue weighted by molar-refractivity contribution is -0.00834. The Labute approximate surface area is 176 Å². The van der Waals surface area contributed by atoms with Crippen molar-refractivity contribution in [3.8, 4) is 5.88 Å². The molecule has 0 aromatic carbocycles. The lowest BCUT2D eigenvalue weighted by atomic mass is 10.0. The van der Waals surface area contributed by atoms with Crippen LogP contribution in [-0.2, 0) is 11.3 Å². The van der Waals surface area contributed by atoms with Crippen molar-refractivity contribution in [2.45, 2.75) is 59.2 Å². The Bertz CT molecular complexity index is 642. The molecule has 1 aromatic rings. The van der Waals surface area contributed by atoms with Gasteiger partial charge in [-0.3, -0.25) is 9.89 Å². The van der Waals surface area contributed by atoms with E-state index in [1.165, 1.54) is 0 Å². The highest BCUT2D eigenvalue weighted by molar-refractivity contribution is 5.79. The summed E-state index contributed by atoms with van der Waals surface area (Å²) in [5, 5.41) is 6.84. The van der Waals surface area contributed by atoms with Gasteiger partial charge in [0, 0.05) is 51.0 Å². The van der Waals surface area contributed by atoms with Gasteiger partial charge in [0.1, 0.15) is 0 Å². The fourth-order valence-electron chi connectivity index (χ4n) is 3.53. The van der Waals surface area contributed by atoms with E-state index >= 15 is 0 Å². The molecular formula is C22H39N5O2. The van der Waals surface area contributed by atoms with Crippen LogP contribution in [0.3, 0.4) is 0 Å². The molecule has 1 atom stereocenters. The Hall–Kier alpha value is -1.86. The van der Waals surface area contributed by atoms with Crippen LogP contribution < -0.4 is 15.4 Å². The highest BCUT2D eigenvalue weighted by Crippen LogP contribution is 2.16. The Kier molecular flexibility index (Phi) is 9.17. The summed E-state index contributed by atoms with van der Waals surface area (Å²) in [5.74, 6) is 2.07. The number of guanidine groups is 1. The minimum Gasteiger partial charge on any atom is -0.475 e. The number of hydrogen-bond acceptors (Lipinski definition) is 5. The molecule has 7 heteroatoms. The number of rotatable bonds is 9. The van der Waals surface area contributed by atoms with Gasteiger partial charge in [-0.1, -0.05) is 13.8 Å². The largest absolute Gasteiger partial charge is 0.475 e. The molecule has 1 unspecified atom stereocenters. The third-order valence-electron chi connectivity index (χ3n) is 5.16. The first kappa shape index (κ1) is 23.4. The van der Waals surface area contributed by atoms with Gasteiger partial charge in [-0.05, 0) is 44.7 Å². The zero-order valence-corrected chi connectivity index (χ0v) is 19.0. The average Bonchev–Trinajstić information content (AvgIpc) is 2.68. The quantitative estimate of drug-likeness (QED) is 0.486. The van der Waals surface area contributed by atoms with Gasteiger partial charge in [0.2, 0.25) is 5.88 Å². The normalized spacial score (nSPS) is 17.3. The van der Waals surface area contributed by atoms with Crippen LogP contribution in [0.2, 0.25) is 0 Å². The molecule has 1 saturated heterocycles. The van der Waals surface area contributed by atoms with Crippen molar-refractivity contribution in [3.05, 3.63) is 23.9 Å². The number of aliphatic imine (C=N–C) groups is 1. The molecule has 2 N–H and O–H groups in total. The maximum absolute atomic E-state index is 5.96. The van der Waals surface area contributed by atoms with Crippen molar-refractivity contribution in [1.82, 2.24) is 20.5 Å². The first-order chi connectivity index (χ1) is 13.8. The number of morpholine rings is 1. The van der Waals surface area contributed by atoms with E-state index in [1.54, 1.807) is 13.2 Å². The number of ether oxygens (including phenoxy) is 2. The first-order valence-corrected chi connectivity index (χ1v) is 10.7. The standard InChI is InChI=1S/C22H39N5O2/c1-17(2)13-18(3)29-20-14-19(7-8-24-20)15-25-21(23-6)26-16-22(4,5)27-9-11-28-12-10-27/h7-8,14,17-18H,9-13,15-16H2,1-6H3,(H2,23,25,26). The van der Waals surface area contributed by atoms with E-state index in [4.69, 9.17) is 9.47 Å². The Morgan fingerprint density at radius 3 is 2.66 bits per heavy atom. The molecule has 1 aromatic heterocycles. The molecule has 29 heavy (non-hydrogen) atoms. The third kappa shape index (κ3) is 8.19. The molecule has 0 spiro atoms. The summed E-state index contributed by atoms with van der Waals surface area (Å²) in [7, 11) is 1.80. The van der Waals surface area contributed by atoms with Crippen LogP contribution in [0.15, 0.2) is 23.3 Å². The van der Waals surface area contributed by atoms with E-state index in [1.807, 2.05) is 12.1 Å². The minimum atomic E-state index is 0.0334. The van der Waals surface area contributed by atoms with Gasteiger partial charge in [0.25, 0.3) is 0 Å². The highest BCUT2D eigenvalue weighted by Gasteiger charge is 2.28. The molecule has 2 rings (SSSR count). The van der Waals surface area contributed by atoms with E-state index in [9.17, 15) is 0 Å². The molecular weight excluding hydrogens is 366 g/mol. The van der Waals surface area contributed by atoms with Gasteiger partial charge < -0.3 is 20.1 Å². The van der Waals surface area contributed by atoms with E-state index < -0.39 is 0 Å². The van der Waals surface area contributed by atoms with Crippen LogP contribution in [0, 0.1) is 5.92 Å². The van der Waals surface area contributed by atoms with Crippen molar-refractivity contribution >= 4 is 5.96 Å². The maximum atomic E-state index is 5.96. The van der Waals surface area contributed by atoms with Crippen molar-refractivity contribution in [2.24, 2.45) is 10.9 Å². The Morgan fingerprint density at radius 1 is 1.28 bits per heavy atom. The van der Waals surface area contributed by atoms with Gasteiger partial charge in [-0.25, -0.2) is 4.98 Å². The van der Waals surface area contributed by atoms with Gasteiger partial charge in [-0.15, -0.1) is 0 Å². The number of hydrogen-bond donors (Lipinski definition) is 2. The summed E-state index contributed by atoms with van der Waals surface area (Å²) in [6.45, 7) is 16.0. The topological polar surface area (TPSA) is 71.0 Å². The van der Waals surface area contributed by atoms with Crippen LogP contribution in [0.25, 0.3) is 0 Å². The van der Waals surface area contributed by atoms with E-state index in [0.29, 0.717) is 18.3 Å². The van der Waals surface area contributed by atoms with E-state index in [-0.39, 0.29) is 11.6 Å². The fourth-order valence-corrected chi connectivity index (χ4v) is 3.53. The lowest BCUT2D eigenvalue weighted by Gasteiger charge is -2.41. The molecule has 0 radical (unpaired) electrons. The summed E-state index contributed by atoms with van der Waals surface area (Å²) >= 11 is 0. The molecule has 164 valence electrons. The summed E-state index contributed by atoms with van der Waals surface area (Å²) < 4.78 is 11.4. The molecule has 0 bridgehead atoms. The average molecular weight is 406 g/mol. The number of pyridine rings is 1. The second-order valence-corrected chi connectivity index (χ2v) is 8.75. The summed E-state index contributed by atoms with van der Waals surface area (Å²) in [5.41, 5.74) is 1.15. The minimum absolute atomic E-state index is 0.0334. The van der Waals surface area contributed by atoms with Gasteiger partial charge in [-0.2, -0.15) is 0 Å². The molecule has 1 fully saturated rings. The number of nitrogens with zero attached hydrogens (tertiary/aromatic N) is 3. The predicted octanol–water partition coefficient (Wildman–Crippen LogP) is 2.67. The van der Waals surface area contributed by atoms with Crippen molar-refractivity contribution < 1.29 is 9.47 Å². The SMILES string of the molecule is CN=C(NCc1ccnc(OC(C)CC(C)C)c1)NCC(C)(C)N1CCOCC1. The van der Waals surface area contributed by atoms with Crippen LogP contribution in [0.5, 0.6) is 5.88 Å². The highest BCUT2D eigenvalue weighted by atomic mass is 16.5. The van der Waals surface area contributed by atoms with Gasteiger partial charge in [0.05, 0.1) is 19.3 Å². The Morgan fingerprint density at radius 2 is 2.00 bits per heavy atom. The fraction of sp³-hybridized carbons (Fsp3) is 0.727. The number of aromatic nitrogens is 1. The second-order valence-electron chi connectivity index (χ2n) is 8.75. The number of nitrogens with one attached hydrogen (secondary N) is 2. The van der Waals surface area contributed by atoms with Crippen LogP contribution in [0.1, 0.15) is 46.6 Å². The first-order valence-electron chi connectivity index (χ1n) is 10.7. The molecule has 1 aliphatic heterocycles.